The Labute approximate surface area is 264 Å². The summed E-state index contributed by atoms with van der Waals surface area (Å²) in [7, 11) is -0.228. The molecule has 0 unspecified atom stereocenters. The van der Waals surface area contributed by atoms with Crippen molar-refractivity contribution < 1.29 is 13.2 Å². The highest BCUT2D eigenvalue weighted by molar-refractivity contribution is 7.89. The molecule has 12 nitrogen and oxygen atoms in total. The van der Waals surface area contributed by atoms with Crippen LogP contribution in [-0.2, 0) is 37.2 Å². The van der Waals surface area contributed by atoms with Gasteiger partial charge in [-0.25, -0.2) is 23.1 Å². The number of rotatable bonds is 7. The fraction of sp³-hybridized carbons (Fsp3) is 0.258. The van der Waals surface area contributed by atoms with Crippen molar-refractivity contribution in [1.82, 2.24) is 29.0 Å². The Kier molecular flexibility index (Phi) is 7.61. The highest BCUT2D eigenvalue weighted by Crippen LogP contribution is 2.35. The molecule has 45 heavy (non-hydrogen) atoms. The Morgan fingerprint density at radius 3 is 2.58 bits per heavy atom. The molecule has 14 heteroatoms. The zero-order chi connectivity index (χ0) is 32.2. The van der Waals surface area contributed by atoms with Crippen LogP contribution >= 0.6 is 11.6 Å². The molecule has 1 aliphatic rings. The Morgan fingerprint density at radius 2 is 1.87 bits per heavy atom. The smallest absolute Gasteiger partial charge is 0.285 e. The maximum absolute atomic E-state index is 13.8. The number of amides is 1. The third-order valence-corrected chi connectivity index (χ3v) is 8.57. The molecule has 0 fully saturated rings. The molecule has 1 atom stereocenters. The van der Waals surface area contributed by atoms with E-state index in [1.165, 1.54) is 6.07 Å². The molecular weight excluding hydrogens is 616 g/mol. The molecule has 232 valence electrons. The number of hydrogen-bond donors (Lipinski definition) is 2. The molecule has 0 spiro atoms. The van der Waals surface area contributed by atoms with Crippen LogP contribution < -0.4 is 20.5 Å². The number of anilines is 2. The lowest BCUT2D eigenvalue weighted by atomic mass is 9.99. The van der Waals surface area contributed by atoms with E-state index in [-0.39, 0.29) is 22.1 Å². The van der Waals surface area contributed by atoms with Crippen molar-refractivity contribution in [3.8, 4) is 11.1 Å². The van der Waals surface area contributed by atoms with E-state index in [1.54, 1.807) is 22.4 Å². The van der Waals surface area contributed by atoms with Gasteiger partial charge >= 0.3 is 0 Å². The van der Waals surface area contributed by atoms with Crippen LogP contribution in [-0.4, -0.2) is 44.9 Å². The molecule has 2 N–H and O–H groups in total. The second kappa shape index (κ2) is 11.3. The lowest BCUT2D eigenvalue weighted by molar-refractivity contribution is 0.0977. The molecule has 0 radical (unpaired) electrons. The molecule has 0 aliphatic carbocycles. The van der Waals surface area contributed by atoms with Gasteiger partial charge in [-0.2, -0.15) is 5.10 Å². The first-order valence-electron chi connectivity index (χ1n) is 14.1. The van der Waals surface area contributed by atoms with Gasteiger partial charge in [-0.1, -0.05) is 35.9 Å². The van der Waals surface area contributed by atoms with Gasteiger partial charge in [0.05, 0.1) is 35.1 Å². The van der Waals surface area contributed by atoms with Crippen LogP contribution in [0.5, 0.6) is 0 Å². The number of aromatic nitrogens is 5. The summed E-state index contributed by atoms with van der Waals surface area (Å²) in [5, 5.41) is 8.08. The summed E-state index contributed by atoms with van der Waals surface area (Å²) in [4.78, 5) is 37.8. The van der Waals surface area contributed by atoms with E-state index in [2.05, 4.69) is 32.4 Å². The van der Waals surface area contributed by atoms with Gasteiger partial charge in [-0.15, -0.1) is 0 Å². The predicted octanol–water partition coefficient (Wildman–Crippen LogP) is 4.07. The summed E-state index contributed by atoms with van der Waals surface area (Å²) in [6, 6.07) is 12.5. The number of carbonyl (C=O) groups excluding carboxylic acids is 1. The molecular formula is C31H31ClN8O4S. The zero-order valence-electron chi connectivity index (χ0n) is 25.3. The summed E-state index contributed by atoms with van der Waals surface area (Å²) >= 11 is 6.05. The topological polar surface area (TPSA) is 144 Å². The van der Waals surface area contributed by atoms with Crippen LogP contribution in [0.1, 0.15) is 45.7 Å². The number of halogens is 1. The predicted molar refractivity (Wildman–Crippen MR) is 174 cm³/mol. The van der Waals surface area contributed by atoms with E-state index in [9.17, 15) is 18.0 Å². The van der Waals surface area contributed by atoms with Crippen molar-refractivity contribution in [3.63, 3.8) is 0 Å². The van der Waals surface area contributed by atoms with Gasteiger partial charge in [0.1, 0.15) is 5.15 Å². The SMILES string of the molecule is Cc1cc([C@@H](C)Nc2ccc(Cl)nc2C(=O)NS(C)(=O)=O)c2nc(N3Cc4cccc(-c5cnn(C)c5)c4C3)n(C)c(=O)c2c1. The third-order valence-electron chi connectivity index (χ3n) is 7.81. The molecule has 0 bridgehead atoms. The number of sulfonamides is 1. The zero-order valence-corrected chi connectivity index (χ0v) is 26.9. The minimum Gasteiger partial charge on any atom is -0.377 e. The Morgan fingerprint density at radius 1 is 1.09 bits per heavy atom. The number of carbonyl (C=O) groups is 1. The van der Waals surface area contributed by atoms with E-state index < -0.39 is 22.0 Å². The second-order valence-electron chi connectivity index (χ2n) is 11.3. The van der Waals surface area contributed by atoms with Gasteiger partial charge in [-0.05, 0) is 54.3 Å². The van der Waals surface area contributed by atoms with Gasteiger partial charge in [-0.3, -0.25) is 18.8 Å². The molecule has 5 aromatic rings. The fourth-order valence-corrected chi connectivity index (χ4v) is 6.38. The highest BCUT2D eigenvalue weighted by atomic mass is 35.5. The lowest BCUT2D eigenvalue weighted by Crippen LogP contribution is -2.31. The number of fused-ring (bicyclic) bond motifs is 2. The minimum absolute atomic E-state index is 0.0287. The average molecular weight is 647 g/mol. The fourth-order valence-electron chi connectivity index (χ4n) is 5.80. The van der Waals surface area contributed by atoms with Crippen molar-refractivity contribution in [2.75, 3.05) is 16.5 Å². The monoisotopic (exact) mass is 646 g/mol. The molecule has 4 heterocycles. The summed E-state index contributed by atoms with van der Waals surface area (Å²) < 4.78 is 28.8. The summed E-state index contributed by atoms with van der Waals surface area (Å²) in [6.45, 7) is 4.91. The first-order valence-corrected chi connectivity index (χ1v) is 16.4. The normalized spacial score (nSPS) is 13.6. The molecule has 0 saturated carbocycles. The Balaban J connectivity index is 1.40. The molecule has 0 saturated heterocycles. The third kappa shape index (κ3) is 5.88. The first-order chi connectivity index (χ1) is 21.3. The van der Waals surface area contributed by atoms with Gasteiger partial charge in [0.25, 0.3) is 11.5 Å². The van der Waals surface area contributed by atoms with Crippen LogP contribution in [0.4, 0.5) is 11.6 Å². The molecule has 2 aromatic carbocycles. The van der Waals surface area contributed by atoms with Gasteiger partial charge in [0.15, 0.2) is 5.69 Å². The van der Waals surface area contributed by atoms with Crippen LogP contribution in [0.2, 0.25) is 5.15 Å². The number of pyridine rings is 1. The summed E-state index contributed by atoms with van der Waals surface area (Å²) in [5.41, 5.74) is 6.44. The number of benzene rings is 2. The number of aryl methyl sites for hydroxylation is 2. The van der Waals surface area contributed by atoms with E-state index in [0.717, 1.165) is 39.6 Å². The van der Waals surface area contributed by atoms with Crippen LogP contribution in [0, 0.1) is 6.92 Å². The molecule has 3 aromatic heterocycles. The van der Waals surface area contributed by atoms with Crippen molar-refractivity contribution in [2.24, 2.45) is 14.1 Å². The van der Waals surface area contributed by atoms with Crippen LogP contribution in [0.25, 0.3) is 22.0 Å². The largest absolute Gasteiger partial charge is 0.377 e. The van der Waals surface area contributed by atoms with Crippen molar-refractivity contribution in [1.29, 1.82) is 0 Å². The summed E-state index contributed by atoms with van der Waals surface area (Å²) in [5.74, 6) is -0.392. The number of nitrogens with zero attached hydrogens (tertiary/aromatic N) is 6. The van der Waals surface area contributed by atoms with Crippen molar-refractivity contribution >= 4 is 50.1 Å². The molecule has 1 aliphatic heterocycles. The molecule has 1 amide bonds. The quantitative estimate of drug-likeness (QED) is 0.250. The van der Waals surface area contributed by atoms with E-state index in [0.29, 0.717) is 29.9 Å². The van der Waals surface area contributed by atoms with Gasteiger partial charge in [0, 0.05) is 44.5 Å². The van der Waals surface area contributed by atoms with Gasteiger partial charge in [0.2, 0.25) is 16.0 Å². The first kappa shape index (κ1) is 30.3. The van der Waals surface area contributed by atoms with Crippen molar-refractivity contribution in [3.05, 3.63) is 98.3 Å². The minimum atomic E-state index is -3.84. The van der Waals surface area contributed by atoms with Crippen LogP contribution in [0.3, 0.4) is 0 Å². The highest BCUT2D eigenvalue weighted by Gasteiger charge is 2.27. The molecule has 6 rings (SSSR count). The Hall–Kier alpha value is -4.75. The number of hydrogen-bond acceptors (Lipinski definition) is 9. The second-order valence-corrected chi connectivity index (χ2v) is 13.5. The maximum Gasteiger partial charge on any atom is 0.285 e. The van der Waals surface area contributed by atoms with Gasteiger partial charge < -0.3 is 10.2 Å². The van der Waals surface area contributed by atoms with E-state index in [1.807, 2.05) is 56.2 Å². The van der Waals surface area contributed by atoms with E-state index >= 15 is 0 Å². The standard InChI is InChI=1S/C31H31ClN8O4S/c1-17-11-22(18(2)34-25-9-10-26(32)35-28(25)29(41)37-45(5,43)44)27-23(12-17)30(42)39(4)31(36-27)40-15-19-7-6-8-21(24(19)16-40)20-13-33-38(3)14-20/h6-14,18,34H,15-16H2,1-5H3,(H,37,41)/t18-/m1/s1. The lowest BCUT2D eigenvalue weighted by Gasteiger charge is -2.23. The number of nitrogens with one attached hydrogen (secondary N) is 2. The maximum atomic E-state index is 13.8. The Bertz CT molecular complexity index is 2180. The average Bonchev–Trinajstić information content (AvgIpc) is 3.61. The van der Waals surface area contributed by atoms with Crippen molar-refractivity contribution in [2.45, 2.75) is 33.0 Å². The van der Waals surface area contributed by atoms with E-state index in [4.69, 9.17) is 16.6 Å². The summed E-state index contributed by atoms with van der Waals surface area (Å²) in [6.07, 6.45) is 4.71. The van der Waals surface area contributed by atoms with Crippen LogP contribution in [0.15, 0.2) is 59.7 Å².